The molecule has 3 rings (SSSR count). The number of rotatable bonds is 13. The van der Waals surface area contributed by atoms with Gasteiger partial charge in [0.05, 0.1) is 25.3 Å². The number of methoxy groups -OCH3 is 2. The van der Waals surface area contributed by atoms with Gasteiger partial charge in [-0.25, -0.2) is 0 Å². The first-order chi connectivity index (χ1) is 19.2. The van der Waals surface area contributed by atoms with Gasteiger partial charge in [0, 0.05) is 5.69 Å². The predicted molar refractivity (Wildman–Crippen MR) is 149 cm³/mol. The van der Waals surface area contributed by atoms with Crippen LogP contribution in [0.15, 0.2) is 23.0 Å². The Bertz CT molecular complexity index is 1240. The zero-order valence-electron chi connectivity index (χ0n) is 23.3. The molecule has 1 saturated carbocycles. The molecule has 1 atom stereocenters. The van der Waals surface area contributed by atoms with Crippen molar-refractivity contribution in [3.8, 4) is 28.4 Å². The predicted octanol–water partition coefficient (Wildman–Crippen LogP) is 3.38. The molecule has 5 N–H and O–H groups in total. The molecule has 0 aliphatic heterocycles. The molecule has 2 aromatic rings. The van der Waals surface area contributed by atoms with Gasteiger partial charge in [0.25, 0.3) is 11.5 Å². The molecule has 2 amide bonds. The molecule has 1 unspecified atom stereocenters. The number of aliphatic carboxylic acids is 1. The van der Waals surface area contributed by atoms with Gasteiger partial charge in [0.15, 0.2) is 0 Å². The van der Waals surface area contributed by atoms with Crippen molar-refractivity contribution >= 4 is 17.8 Å². The summed E-state index contributed by atoms with van der Waals surface area (Å²) in [5, 5.41) is 25.4. The summed E-state index contributed by atoms with van der Waals surface area (Å²) >= 11 is 0. The average Bonchev–Trinajstić information content (AvgIpc) is 2.94. The van der Waals surface area contributed by atoms with E-state index in [1.54, 1.807) is 18.2 Å². The Morgan fingerprint density at radius 3 is 2.30 bits per heavy atom. The minimum absolute atomic E-state index is 0.159. The summed E-state index contributed by atoms with van der Waals surface area (Å²) in [6.07, 6.45) is 7.11. The van der Waals surface area contributed by atoms with Gasteiger partial charge in [-0.15, -0.1) is 0 Å². The third kappa shape index (κ3) is 7.34. The van der Waals surface area contributed by atoms with Crippen LogP contribution in [-0.4, -0.2) is 59.8 Å². The third-order valence-corrected chi connectivity index (χ3v) is 7.28. The van der Waals surface area contributed by atoms with E-state index in [0.717, 1.165) is 38.5 Å². The fourth-order valence-electron chi connectivity index (χ4n) is 5.26. The quantitative estimate of drug-likeness (QED) is 0.250. The van der Waals surface area contributed by atoms with Gasteiger partial charge in [-0.1, -0.05) is 51.5 Å². The number of aryl methyl sites for hydroxylation is 1. The van der Waals surface area contributed by atoms with Gasteiger partial charge in [0.1, 0.15) is 35.4 Å². The van der Waals surface area contributed by atoms with Gasteiger partial charge in [-0.3, -0.25) is 19.2 Å². The van der Waals surface area contributed by atoms with Gasteiger partial charge in [-0.2, -0.15) is 0 Å². The number of carbonyl (C=O) groups is 3. The maximum absolute atomic E-state index is 13.5. The molecule has 40 heavy (non-hydrogen) atoms. The normalized spacial score (nSPS) is 14.3. The van der Waals surface area contributed by atoms with E-state index < -0.39 is 47.2 Å². The summed E-state index contributed by atoms with van der Waals surface area (Å²) < 4.78 is 11.1. The second kappa shape index (κ2) is 14.4. The van der Waals surface area contributed by atoms with E-state index in [1.165, 1.54) is 14.2 Å². The van der Waals surface area contributed by atoms with Crippen LogP contribution in [-0.2, 0) is 16.0 Å². The molecule has 0 bridgehead atoms. The number of carboxylic acids is 1. The number of aromatic nitrogens is 1. The molecule has 1 fully saturated rings. The number of hydrogen-bond acceptors (Lipinski definition) is 7. The lowest BCUT2D eigenvalue weighted by molar-refractivity contribution is -0.138. The summed E-state index contributed by atoms with van der Waals surface area (Å²) in [4.78, 5) is 53.5. The second-order valence-electron chi connectivity index (χ2n) is 10.0. The molecule has 218 valence electrons. The monoisotopic (exact) mass is 557 g/mol. The summed E-state index contributed by atoms with van der Waals surface area (Å²) in [5.41, 5.74) is -0.364. The minimum atomic E-state index is -1.22. The van der Waals surface area contributed by atoms with Crippen molar-refractivity contribution in [2.24, 2.45) is 5.92 Å². The molecule has 11 nitrogen and oxygen atoms in total. The van der Waals surface area contributed by atoms with Crippen LogP contribution in [0.1, 0.15) is 74.3 Å². The van der Waals surface area contributed by atoms with Gasteiger partial charge in [-0.05, 0) is 37.3 Å². The second-order valence-corrected chi connectivity index (χ2v) is 10.0. The number of carboxylic acid groups (broad SMARTS) is 1. The molecule has 1 aliphatic carbocycles. The Morgan fingerprint density at radius 1 is 1.07 bits per heavy atom. The van der Waals surface area contributed by atoms with Crippen LogP contribution >= 0.6 is 0 Å². The molecule has 0 saturated heterocycles. The van der Waals surface area contributed by atoms with Crippen molar-refractivity contribution in [2.75, 3.05) is 20.8 Å². The number of pyridine rings is 1. The maximum Gasteiger partial charge on any atom is 0.322 e. The van der Waals surface area contributed by atoms with E-state index in [2.05, 4.69) is 15.6 Å². The zero-order valence-corrected chi connectivity index (χ0v) is 23.3. The third-order valence-electron chi connectivity index (χ3n) is 7.28. The lowest BCUT2D eigenvalue weighted by Crippen LogP contribution is -2.49. The van der Waals surface area contributed by atoms with E-state index in [0.29, 0.717) is 35.6 Å². The molecule has 0 spiro atoms. The fraction of sp³-hybridized carbons (Fsp3) is 0.517. The summed E-state index contributed by atoms with van der Waals surface area (Å²) in [6, 6.07) is 3.99. The van der Waals surface area contributed by atoms with Gasteiger partial charge in [0.2, 0.25) is 5.91 Å². The van der Waals surface area contributed by atoms with Crippen molar-refractivity contribution in [1.29, 1.82) is 0 Å². The van der Waals surface area contributed by atoms with Crippen LogP contribution < -0.4 is 25.7 Å². The zero-order chi connectivity index (χ0) is 29.2. The number of H-pyrrole nitrogens is 1. The molecule has 11 heteroatoms. The molecule has 1 heterocycles. The van der Waals surface area contributed by atoms with Crippen LogP contribution in [0.3, 0.4) is 0 Å². The Balaban J connectivity index is 2.07. The van der Waals surface area contributed by atoms with E-state index >= 15 is 0 Å². The fourth-order valence-corrected chi connectivity index (χ4v) is 5.26. The number of aromatic hydroxyl groups is 1. The summed E-state index contributed by atoms with van der Waals surface area (Å²) in [5.74, 6) is -2.49. The van der Waals surface area contributed by atoms with E-state index in [4.69, 9.17) is 14.6 Å². The molecule has 1 aliphatic rings. The Morgan fingerprint density at radius 2 is 1.73 bits per heavy atom. The largest absolute Gasteiger partial charge is 0.506 e. The lowest BCUT2D eigenvalue weighted by atomic mass is 9.84. The molecule has 0 radical (unpaired) electrons. The first-order valence-corrected chi connectivity index (χ1v) is 13.7. The van der Waals surface area contributed by atoms with Crippen molar-refractivity contribution in [3.05, 3.63) is 39.8 Å². The number of carbonyl (C=O) groups excluding carboxylic acids is 2. The van der Waals surface area contributed by atoms with Crippen molar-refractivity contribution in [2.45, 2.75) is 70.8 Å². The van der Waals surface area contributed by atoms with Crippen LogP contribution in [0.5, 0.6) is 17.2 Å². The van der Waals surface area contributed by atoms with Crippen LogP contribution in [0.2, 0.25) is 0 Å². The van der Waals surface area contributed by atoms with E-state index in [1.807, 2.05) is 6.92 Å². The lowest BCUT2D eigenvalue weighted by Gasteiger charge is -2.26. The number of nitrogens with one attached hydrogen (secondary N) is 3. The van der Waals surface area contributed by atoms with Crippen molar-refractivity contribution < 1.29 is 34.1 Å². The smallest absolute Gasteiger partial charge is 0.322 e. The standard InChI is InChI=1S/C29H39N3O8/c1-4-5-12-18-23(24-20(39-2)13-9-14-21(24)40-3)26(35)25(28(37)31-18)29(38)32-19(27(36)30-16-22(33)34)15-17-10-7-6-8-11-17/h9,13-14,17,19H,4-8,10-12,15-16H2,1-3H3,(H,30,36)(H,32,38)(H,33,34)(H2,31,35,37). The highest BCUT2D eigenvalue weighted by atomic mass is 16.5. The number of aromatic amines is 1. The molecular weight excluding hydrogens is 518 g/mol. The first kappa shape index (κ1) is 30.5. The topological polar surface area (TPSA) is 167 Å². The maximum atomic E-state index is 13.5. The summed E-state index contributed by atoms with van der Waals surface area (Å²) in [6.45, 7) is 1.39. The highest BCUT2D eigenvalue weighted by Gasteiger charge is 2.31. The van der Waals surface area contributed by atoms with Crippen molar-refractivity contribution in [1.82, 2.24) is 15.6 Å². The molecule has 1 aromatic carbocycles. The van der Waals surface area contributed by atoms with E-state index in [-0.39, 0.29) is 17.9 Å². The minimum Gasteiger partial charge on any atom is -0.506 e. The Labute approximate surface area is 233 Å². The van der Waals surface area contributed by atoms with Gasteiger partial charge < -0.3 is 35.3 Å². The number of hydrogen-bond donors (Lipinski definition) is 5. The SMILES string of the molecule is CCCCc1[nH]c(=O)c(C(=O)NC(CC2CCCCC2)C(=O)NCC(=O)O)c(O)c1-c1c(OC)cccc1OC. The highest BCUT2D eigenvalue weighted by Crippen LogP contribution is 2.44. The Hall–Kier alpha value is -4.02. The number of unbranched alkanes of at least 4 members (excludes halogenated alkanes) is 1. The highest BCUT2D eigenvalue weighted by molar-refractivity contribution is 6.02. The van der Waals surface area contributed by atoms with Crippen LogP contribution in [0, 0.1) is 5.92 Å². The number of amides is 2. The van der Waals surface area contributed by atoms with Gasteiger partial charge >= 0.3 is 5.97 Å². The number of ether oxygens (including phenoxy) is 2. The van der Waals surface area contributed by atoms with Crippen molar-refractivity contribution in [3.63, 3.8) is 0 Å². The average molecular weight is 558 g/mol. The van der Waals surface area contributed by atoms with E-state index in [9.17, 15) is 24.3 Å². The van der Waals surface area contributed by atoms with Crippen LogP contribution in [0.4, 0.5) is 0 Å². The molecule has 1 aromatic heterocycles. The molecular formula is C29H39N3O8. The van der Waals surface area contributed by atoms with Crippen LogP contribution in [0.25, 0.3) is 11.1 Å². The number of benzene rings is 1. The first-order valence-electron chi connectivity index (χ1n) is 13.7. The summed E-state index contributed by atoms with van der Waals surface area (Å²) in [7, 11) is 2.93. The Kier molecular flexibility index (Phi) is 11.0.